The molecular formula is C19H24N2O2S. The molecule has 0 fully saturated rings. The van der Waals surface area contributed by atoms with Crippen molar-refractivity contribution in [1.29, 1.82) is 0 Å². The van der Waals surface area contributed by atoms with E-state index in [0.717, 1.165) is 18.4 Å². The van der Waals surface area contributed by atoms with Crippen molar-refractivity contribution in [3.05, 3.63) is 57.8 Å². The number of thiophene rings is 1. The molecule has 1 aromatic carbocycles. The molecule has 2 rings (SSSR count). The summed E-state index contributed by atoms with van der Waals surface area (Å²) in [6.07, 6.45) is 2.13. The Morgan fingerprint density at radius 3 is 2.75 bits per heavy atom. The molecule has 1 aromatic heterocycles. The van der Waals surface area contributed by atoms with Gasteiger partial charge in [0.2, 0.25) is 5.91 Å². The minimum Gasteiger partial charge on any atom is -0.352 e. The number of rotatable bonds is 8. The first-order valence-corrected chi connectivity index (χ1v) is 9.20. The van der Waals surface area contributed by atoms with Crippen molar-refractivity contribution >= 4 is 23.2 Å². The summed E-state index contributed by atoms with van der Waals surface area (Å²) in [5, 5.41) is 9.94. The predicted molar refractivity (Wildman–Crippen MR) is 98.1 cm³/mol. The Morgan fingerprint density at radius 2 is 2.04 bits per heavy atom. The first-order chi connectivity index (χ1) is 11.6. The van der Waals surface area contributed by atoms with Gasteiger partial charge in [-0.25, -0.2) is 0 Å². The number of aryl methyl sites for hydroxylation is 1. The Labute approximate surface area is 147 Å². The van der Waals surface area contributed by atoms with Crippen LogP contribution in [0.3, 0.4) is 0 Å². The molecule has 128 valence electrons. The molecule has 0 bridgehead atoms. The summed E-state index contributed by atoms with van der Waals surface area (Å²) in [5.74, 6) is -0.0503. The summed E-state index contributed by atoms with van der Waals surface area (Å²) >= 11 is 1.64. The van der Waals surface area contributed by atoms with Gasteiger partial charge in [0, 0.05) is 24.6 Å². The Hall–Kier alpha value is -2.14. The zero-order valence-corrected chi connectivity index (χ0v) is 15.0. The number of hydrogen-bond acceptors (Lipinski definition) is 3. The van der Waals surface area contributed by atoms with Crippen LogP contribution in [0.5, 0.6) is 0 Å². The van der Waals surface area contributed by atoms with E-state index in [1.807, 2.05) is 43.5 Å². The smallest absolute Gasteiger partial charge is 0.251 e. The van der Waals surface area contributed by atoms with Crippen LogP contribution in [0.15, 0.2) is 41.1 Å². The first-order valence-electron chi connectivity index (χ1n) is 8.26. The van der Waals surface area contributed by atoms with E-state index in [-0.39, 0.29) is 17.9 Å². The number of carbonyl (C=O) groups is 2. The molecule has 2 amide bonds. The van der Waals surface area contributed by atoms with Gasteiger partial charge in [-0.15, -0.1) is 0 Å². The van der Waals surface area contributed by atoms with Gasteiger partial charge in [0.1, 0.15) is 0 Å². The normalized spacial score (nSPS) is 11.8. The molecule has 4 nitrogen and oxygen atoms in total. The van der Waals surface area contributed by atoms with Gasteiger partial charge >= 0.3 is 0 Å². The van der Waals surface area contributed by atoms with Crippen molar-refractivity contribution in [2.75, 3.05) is 0 Å². The van der Waals surface area contributed by atoms with Gasteiger partial charge in [-0.3, -0.25) is 9.59 Å². The number of carbonyl (C=O) groups excluding carboxylic acids is 2. The quantitative estimate of drug-likeness (QED) is 0.770. The minimum atomic E-state index is -0.0741. The molecule has 0 unspecified atom stereocenters. The molecule has 5 heteroatoms. The highest BCUT2D eigenvalue weighted by atomic mass is 32.1. The minimum absolute atomic E-state index is 0.0238. The molecule has 1 atom stereocenters. The van der Waals surface area contributed by atoms with Gasteiger partial charge in [0.25, 0.3) is 5.91 Å². The Morgan fingerprint density at radius 1 is 1.21 bits per heavy atom. The van der Waals surface area contributed by atoms with E-state index in [9.17, 15) is 9.59 Å². The highest BCUT2D eigenvalue weighted by Gasteiger charge is 2.09. The van der Waals surface area contributed by atoms with E-state index in [0.29, 0.717) is 18.5 Å². The van der Waals surface area contributed by atoms with Gasteiger partial charge < -0.3 is 10.6 Å². The van der Waals surface area contributed by atoms with Crippen molar-refractivity contribution in [1.82, 2.24) is 10.6 Å². The third kappa shape index (κ3) is 5.81. The molecule has 0 aliphatic rings. The fourth-order valence-corrected chi connectivity index (χ4v) is 2.92. The van der Waals surface area contributed by atoms with Crippen molar-refractivity contribution < 1.29 is 9.59 Å². The first kappa shape index (κ1) is 18.2. The van der Waals surface area contributed by atoms with Gasteiger partial charge in [-0.2, -0.15) is 11.3 Å². The number of benzene rings is 1. The number of amides is 2. The lowest BCUT2D eigenvalue weighted by atomic mass is 10.1. The monoisotopic (exact) mass is 344 g/mol. The Kier molecular flexibility index (Phi) is 7.00. The molecular weight excluding hydrogens is 320 g/mol. The van der Waals surface area contributed by atoms with E-state index >= 15 is 0 Å². The molecule has 0 aliphatic carbocycles. The maximum atomic E-state index is 12.1. The van der Waals surface area contributed by atoms with Crippen molar-refractivity contribution in [3.8, 4) is 0 Å². The largest absolute Gasteiger partial charge is 0.352 e. The average molecular weight is 344 g/mol. The summed E-state index contributed by atoms with van der Waals surface area (Å²) in [6.45, 7) is 4.45. The van der Waals surface area contributed by atoms with Crippen LogP contribution in [0, 0.1) is 0 Å². The van der Waals surface area contributed by atoms with Gasteiger partial charge in [0.05, 0.1) is 0 Å². The maximum absolute atomic E-state index is 12.1. The van der Waals surface area contributed by atoms with Crippen LogP contribution in [0.2, 0.25) is 0 Å². The van der Waals surface area contributed by atoms with Crippen LogP contribution in [0.4, 0.5) is 0 Å². The molecule has 24 heavy (non-hydrogen) atoms. The van der Waals surface area contributed by atoms with Crippen LogP contribution in [0.1, 0.15) is 48.2 Å². The average Bonchev–Trinajstić information content (AvgIpc) is 3.11. The van der Waals surface area contributed by atoms with Crippen LogP contribution in [-0.2, 0) is 17.8 Å². The predicted octanol–water partition coefficient (Wildman–Crippen LogP) is 3.53. The summed E-state index contributed by atoms with van der Waals surface area (Å²) < 4.78 is 0. The molecule has 0 saturated heterocycles. The van der Waals surface area contributed by atoms with Crippen LogP contribution >= 0.6 is 11.3 Å². The summed E-state index contributed by atoms with van der Waals surface area (Å²) in [7, 11) is 0. The van der Waals surface area contributed by atoms with Crippen LogP contribution in [-0.4, -0.2) is 17.9 Å². The molecule has 1 heterocycles. The zero-order valence-electron chi connectivity index (χ0n) is 14.2. The fourth-order valence-electron chi connectivity index (χ4n) is 2.21. The van der Waals surface area contributed by atoms with E-state index in [2.05, 4.69) is 16.0 Å². The van der Waals surface area contributed by atoms with Crippen molar-refractivity contribution in [3.63, 3.8) is 0 Å². The lowest BCUT2D eigenvalue weighted by Gasteiger charge is -2.12. The standard InChI is InChI=1S/C19H24N2O2S/c1-3-14(2)21-19(23)17-6-4-5-16(11-17)12-20-18(22)8-7-15-9-10-24-13-15/h4-6,9-11,13-14H,3,7-8,12H2,1-2H3,(H,20,22)(H,21,23)/t14-/m1/s1. The summed E-state index contributed by atoms with van der Waals surface area (Å²) in [4.78, 5) is 24.1. The lowest BCUT2D eigenvalue weighted by Crippen LogP contribution is -2.32. The second-order valence-electron chi connectivity index (χ2n) is 5.89. The second kappa shape index (κ2) is 9.23. The Balaban J connectivity index is 1.83. The van der Waals surface area contributed by atoms with Gasteiger partial charge in [0.15, 0.2) is 0 Å². The highest BCUT2D eigenvalue weighted by molar-refractivity contribution is 7.07. The molecule has 2 aromatic rings. The Bertz CT molecular complexity index is 668. The SMILES string of the molecule is CC[C@@H](C)NC(=O)c1cccc(CNC(=O)CCc2ccsc2)c1. The molecule has 0 saturated carbocycles. The van der Waals surface area contributed by atoms with Crippen LogP contribution < -0.4 is 10.6 Å². The third-order valence-corrected chi connectivity index (χ3v) is 4.62. The maximum Gasteiger partial charge on any atom is 0.251 e. The summed E-state index contributed by atoms with van der Waals surface area (Å²) in [5.41, 5.74) is 2.75. The topological polar surface area (TPSA) is 58.2 Å². The highest BCUT2D eigenvalue weighted by Crippen LogP contribution is 2.09. The van der Waals surface area contributed by atoms with Crippen molar-refractivity contribution in [2.24, 2.45) is 0 Å². The third-order valence-electron chi connectivity index (χ3n) is 3.89. The number of nitrogens with one attached hydrogen (secondary N) is 2. The molecule has 2 N–H and O–H groups in total. The molecule has 0 aliphatic heterocycles. The number of hydrogen-bond donors (Lipinski definition) is 2. The van der Waals surface area contributed by atoms with E-state index in [1.54, 1.807) is 17.4 Å². The van der Waals surface area contributed by atoms with Crippen molar-refractivity contribution in [2.45, 2.75) is 45.7 Å². The molecule has 0 radical (unpaired) electrons. The fraction of sp³-hybridized carbons (Fsp3) is 0.368. The van der Waals surface area contributed by atoms with E-state index in [4.69, 9.17) is 0 Å². The lowest BCUT2D eigenvalue weighted by molar-refractivity contribution is -0.121. The molecule has 0 spiro atoms. The zero-order chi connectivity index (χ0) is 17.4. The van der Waals surface area contributed by atoms with E-state index < -0.39 is 0 Å². The van der Waals surface area contributed by atoms with Crippen LogP contribution in [0.25, 0.3) is 0 Å². The van der Waals surface area contributed by atoms with E-state index in [1.165, 1.54) is 5.56 Å². The van der Waals surface area contributed by atoms with Gasteiger partial charge in [-0.1, -0.05) is 19.1 Å². The summed E-state index contributed by atoms with van der Waals surface area (Å²) in [6, 6.07) is 9.57. The second-order valence-corrected chi connectivity index (χ2v) is 6.67. The van der Waals surface area contributed by atoms with Gasteiger partial charge in [-0.05, 0) is 59.9 Å².